The highest BCUT2D eigenvalue weighted by molar-refractivity contribution is 7.95. The van der Waals surface area contributed by atoms with Crippen LogP contribution in [-0.2, 0) is 13.8 Å². The molecule has 0 amide bonds. The molecule has 0 fully saturated rings. The topological polar surface area (TPSA) is 116 Å². The first-order valence-electron chi connectivity index (χ1n) is 7.74. The summed E-state index contributed by atoms with van der Waals surface area (Å²) in [6.07, 6.45) is 8.80. The van der Waals surface area contributed by atoms with Crippen molar-refractivity contribution in [3.05, 3.63) is 54.2 Å². The lowest BCUT2D eigenvalue weighted by Gasteiger charge is -2.20. The summed E-state index contributed by atoms with van der Waals surface area (Å²) in [4.78, 5) is 23.6. The number of benzene rings is 1. The first-order chi connectivity index (χ1) is 11.9. The number of allylic oxidation sites excluding steroid dienone is 4. The van der Waals surface area contributed by atoms with Crippen molar-refractivity contribution in [3.8, 4) is 0 Å². The van der Waals surface area contributed by atoms with E-state index in [1.54, 1.807) is 36.4 Å². The Bertz CT molecular complexity index is 735. The summed E-state index contributed by atoms with van der Waals surface area (Å²) in [6, 6.07) is 4.92. The summed E-state index contributed by atoms with van der Waals surface area (Å²) < 4.78 is 5.08. The second-order valence-electron chi connectivity index (χ2n) is 5.62. The molecule has 2 atom stereocenters. The molecule has 0 aromatic heterocycles. The predicted octanol–water partition coefficient (Wildman–Crippen LogP) is 3.18. The van der Waals surface area contributed by atoms with E-state index < -0.39 is 17.9 Å². The minimum absolute atomic E-state index is 0.0946. The third-order valence-electron chi connectivity index (χ3n) is 3.70. The quantitative estimate of drug-likeness (QED) is 0.405. The zero-order chi connectivity index (χ0) is 18.4. The Morgan fingerprint density at radius 3 is 2.56 bits per heavy atom. The zero-order valence-corrected chi connectivity index (χ0v) is 14.5. The van der Waals surface area contributed by atoms with Gasteiger partial charge in [0.2, 0.25) is 0 Å². The van der Waals surface area contributed by atoms with E-state index in [-0.39, 0.29) is 5.92 Å². The highest BCUT2D eigenvalue weighted by Gasteiger charge is 2.25. The SMILES string of the molecule is CCC1C=C(/C=C/C(=O)OSc2cc(N)cc(N)c2)C=CC1C(=O)O. The van der Waals surface area contributed by atoms with Crippen molar-refractivity contribution in [2.24, 2.45) is 11.8 Å². The van der Waals surface area contributed by atoms with Crippen molar-refractivity contribution in [1.82, 2.24) is 0 Å². The van der Waals surface area contributed by atoms with Crippen LogP contribution in [0.5, 0.6) is 0 Å². The number of nitrogens with two attached hydrogens (primary N) is 2. The van der Waals surface area contributed by atoms with Crippen molar-refractivity contribution in [2.45, 2.75) is 18.2 Å². The molecule has 1 aromatic carbocycles. The van der Waals surface area contributed by atoms with E-state index in [2.05, 4.69) is 0 Å². The summed E-state index contributed by atoms with van der Waals surface area (Å²) in [5, 5.41) is 9.17. The molecule has 0 radical (unpaired) electrons. The second-order valence-corrected chi connectivity index (χ2v) is 6.42. The molecule has 132 valence electrons. The fourth-order valence-corrected chi connectivity index (χ4v) is 3.09. The number of carbonyl (C=O) groups excluding carboxylic acids is 1. The molecule has 1 aromatic rings. The highest BCUT2D eigenvalue weighted by Crippen LogP contribution is 2.27. The Morgan fingerprint density at radius 1 is 1.28 bits per heavy atom. The van der Waals surface area contributed by atoms with E-state index in [0.29, 0.717) is 22.7 Å². The third kappa shape index (κ3) is 5.42. The lowest BCUT2D eigenvalue weighted by Crippen LogP contribution is -2.22. The predicted molar refractivity (Wildman–Crippen MR) is 98.5 cm³/mol. The molecule has 0 saturated heterocycles. The van der Waals surface area contributed by atoms with Crippen molar-refractivity contribution >= 4 is 35.4 Å². The third-order valence-corrected chi connectivity index (χ3v) is 4.38. The van der Waals surface area contributed by atoms with Crippen LogP contribution in [0.2, 0.25) is 0 Å². The van der Waals surface area contributed by atoms with Gasteiger partial charge in [0, 0.05) is 17.5 Å². The Kier molecular flexibility index (Phi) is 6.30. The second kappa shape index (κ2) is 8.43. The maximum atomic E-state index is 11.8. The number of carboxylic acid groups (broad SMARTS) is 1. The average Bonchev–Trinajstić information content (AvgIpc) is 2.56. The average molecular weight is 360 g/mol. The molecular weight excluding hydrogens is 340 g/mol. The first kappa shape index (κ1) is 18.7. The Labute approximate surface area is 150 Å². The molecule has 25 heavy (non-hydrogen) atoms. The Balaban J connectivity index is 1.94. The number of hydrogen-bond acceptors (Lipinski definition) is 6. The van der Waals surface area contributed by atoms with Crippen LogP contribution in [0.1, 0.15) is 13.3 Å². The van der Waals surface area contributed by atoms with Gasteiger partial charge in [-0.1, -0.05) is 25.2 Å². The summed E-state index contributed by atoms with van der Waals surface area (Å²) in [7, 11) is 0. The molecule has 0 aliphatic heterocycles. The smallest absolute Gasteiger partial charge is 0.343 e. The number of nitrogen functional groups attached to an aromatic ring is 2. The summed E-state index contributed by atoms with van der Waals surface area (Å²) in [5.74, 6) is -2.00. The number of aliphatic carboxylic acids is 1. The molecule has 0 heterocycles. The molecule has 1 aliphatic rings. The molecule has 0 spiro atoms. The van der Waals surface area contributed by atoms with Crippen LogP contribution in [0.4, 0.5) is 11.4 Å². The molecule has 2 rings (SSSR count). The first-order valence-corrected chi connectivity index (χ1v) is 8.48. The maximum absolute atomic E-state index is 11.8. The fraction of sp³-hybridized carbons (Fsp3) is 0.222. The van der Waals surface area contributed by atoms with Crippen LogP contribution in [-0.4, -0.2) is 17.0 Å². The molecule has 5 N–H and O–H groups in total. The van der Waals surface area contributed by atoms with Crippen molar-refractivity contribution in [1.29, 1.82) is 0 Å². The molecule has 6 nitrogen and oxygen atoms in total. The molecule has 2 unspecified atom stereocenters. The molecular formula is C18H20N2O4S. The van der Waals surface area contributed by atoms with Crippen LogP contribution in [0.15, 0.2) is 59.0 Å². The minimum Gasteiger partial charge on any atom is -0.481 e. The van der Waals surface area contributed by atoms with E-state index in [1.165, 1.54) is 6.08 Å². The van der Waals surface area contributed by atoms with E-state index >= 15 is 0 Å². The van der Waals surface area contributed by atoms with Crippen molar-refractivity contribution in [3.63, 3.8) is 0 Å². The largest absolute Gasteiger partial charge is 0.481 e. The van der Waals surface area contributed by atoms with Crippen molar-refractivity contribution < 1.29 is 18.9 Å². The van der Waals surface area contributed by atoms with Gasteiger partial charge >= 0.3 is 11.9 Å². The summed E-state index contributed by atoms with van der Waals surface area (Å²) >= 11 is 0.877. The Morgan fingerprint density at radius 2 is 1.96 bits per heavy atom. The van der Waals surface area contributed by atoms with Crippen LogP contribution >= 0.6 is 12.0 Å². The van der Waals surface area contributed by atoms with Crippen molar-refractivity contribution in [2.75, 3.05) is 11.5 Å². The fourth-order valence-electron chi connectivity index (χ4n) is 2.49. The van der Waals surface area contributed by atoms with Gasteiger partial charge in [0.1, 0.15) is 0 Å². The number of hydrogen-bond donors (Lipinski definition) is 3. The monoisotopic (exact) mass is 360 g/mol. The highest BCUT2D eigenvalue weighted by atomic mass is 32.2. The summed E-state index contributed by atoms with van der Waals surface area (Å²) in [5.41, 5.74) is 13.1. The number of carbonyl (C=O) groups is 2. The van der Waals surface area contributed by atoms with Gasteiger partial charge in [-0.05, 0) is 42.2 Å². The molecule has 0 bridgehead atoms. The minimum atomic E-state index is -0.848. The van der Waals surface area contributed by atoms with Crippen LogP contribution in [0.3, 0.4) is 0 Å². The van der Waals surface area contributed by atoms with E-state index in [4.69, 9.17) is 20.8 Å². The number of rotatable bonds is 6. The lowest BCUT2D eigenvalue weighted by molar-refractivity contribution is -0.141. The van der Waals surface area contributed by atoms with Gasteiger partial charge < -0.3 is 20.8 Å². The normalized spacial score (nSPS) is 19.6. The van der Waals surface area contributed by atoms with Crippen LogP contribution < -0.4 is 11.5 Å². The van der Waals surface area contributed by atoms with Gasteiger partial charge in [-0.15, -0.1) is 0 Å². The van der Waals surface area contributed by atoms with Gasteiger partial charge in [-0.2, -0.15) is 0 Å². The molecule has 7 heteroatoms. The van der Waals surface area contributed by atoms with Crippen LogP contribution in [0.25, 0.3) is 0 Å². The standard InChI is InChI=1S/C18H20N2O4S/c1-2-12-7-11(3-5-16(12)18(22)23)4-6-17(21)24-25-15-9-13(19)8-14(20)10-15/h3-10,12,16H,2,19-20H2,1H3,(H,22,23)/b6-4+. The van der Waals surface area contributed by atoms with Crippen LogP contribution in [0, 0.1) is 11.8 Å². The number of anilines is 2. The zero-order valence-electron chi connectivity index (χ0n) is 13.7. The van der Waals surface area contributed by atoms with Gasteiger partial charge in [-0.3, -0.25) is 4.79 Å². The maximum Gasteiger partial charge on any atom is 0.343 e. The summed E-state index contributed by atoms with van der Waals surface area (Å²) in [6.45, 7) is 1.93. The van der Waals surface area contributed by atoms with Gasteiger partial charge in [-0.25, -0.2) is 4.79 Å². The van der Waals surface area contributed by atoms with E-state index in [1.807, 2.05) is 13.0 Å². The van der Waals surface area contributed by atoms with Gasteiger partial charge in [0.15, 0.2) is 0 Å². The molecule has 0 saturated carbocycles. The van der Waals surface area contributed by atoms with Gasteiger partial charge in [0.05, 0.1) is 22.9 Å². The van der Waals surface area contributed by atoms with E-state index in [0.717, 1.165) is 17.6 Å². The molecule has 1 aliphatic carbocycles. The number of carboxylic acids is 1. The van der Waals surface area contributed by atoms with Gasteiger partial charge in [0.25, 0.3) is 0 Å². The Hall–Kier alpha value is -2.67. The van der Waals surface area contributed by atoms with E-state index in [9.17, 15) is 9.59 Å². The lowest BCUT2D eigenvalue weighted by atomic mass is 9.84.